The van der Waals surface area contributed by atoms with E-state index in [4.69, 9.17) is 11.6 Å². The Kier molecular flexibility index (Phi) is 3.11. The fraction of sp³-hybridized carbons (Fsp3) is 0.182. The molecule has 3 aromatic heterocycles. The van der Waals surface area contributed by atoms with E-state index in [0.717, 1.165) is 16.0 Å². The lowest BCUT2D eigenvalue weighted by atomic mass is 10.3. The third-order valence-electron chi connectivity index (χ3n) is 2.76. The van der Waals surface area contributed by atoms with Gasteiger partial charge in [-0.1, -0.05) is 16.8 Å². The first-order chi connectivity index (χ1) is 9.56. The van der Waals surface area contributed by atoms with Crippen LogP contribution in [0.25, 0.3) is 11.0 Å². The predicted octanol–water partition coefficient (Wildman–Crippen LogP) is 1.12. The molecule has 3 heterocycles. The molecule has 0 atom stereocenters. The Morgan fingerprint density at radius 1 is 1.45 bits per heavy atom. The Morgan fingerprint density at radius 3 is 2.95 bits per heavy atom. The molecule has 20 heavy (non-hydrogen) atoms. The molecule has 0 bridgehead atoms. The van der Waals surface area contributed by atoms with E-state index in [2.05, 4.69) is 15.4 Å². The van der Waals surface area contributed by atoms with Crippen molar-refractivity contribution in [2.45, 2.75) is 6.54 Å². The van der Waals surface area contributed by atoms with Crippen molar-refractivity contribution in [2.75, 3.05) is 0 Å². The molecule has 0 saturated heterocycles. The van der Waals surface area contributed by atoms with Gasteiger partial charge in [-0.25, -0.2) is 9.36 Å². The van der Waals surface area contributed by atoms with Gasteiger partial charge in [-0.3, -0.25) is 9.59 Å². The second-order valence-corrected chi connectivity index (χ2v) is 5.80. The lowest BCUT2D eigenvalue weighted by Crippen LogP contribution is -2.27. The second-order valence-electron chi connectivity index (χ2n) is 4.08. The number of ketones is 1. The third kappa shape index (κ3) is 2.12. The predicted molar refractivity (Wildman–Crippen MR) is 74.2 cm³/mol. The van der Waals surface area contributed by atoms with Crippen LogP contribution in [0.15, 0.2) is 23.1 Å². The molecule has 3 rings (SSSR count). The van der Waals surface area contributed by atoms with Gasteiger partial charge in [0.1, 0.15) is 11.9 Å². The number of rotatable bonds is 3. The molecule has 0 radical (unpaired) electrons. The summed E-state index contributed by atoms with van der Waals surface area (Å²) in [6.45, 7) is -0.173. The van der Waals surface area contributed by atoms with Gasteiger partial charge in [0.2, 0.25) is 0 Å². The molecule has 102 valence electrons. The largest absolute Gasteiger partial charge is 0.291 e. The molecule has 9 heteroatoms. The summed E-state index contributed by atoms with van der Waals surface area (Å²) in [6, 6.07) is 3.26. The topological polar surface area (TPSA) is 82.7 Å². The van der Waals surface area contributed by atoms with Crippen molar-refractivity contribution >= 4 is 39.8 Å². The molecular formula is C11H8ClN5O2S. The molecule has 7 nitrogen and oxygen atoms in total. The van der Waals surface area contributed by atoms with Gasteiger partial charge < -0.3 is 0 Å². The van der Waals surface area contributed by atoms with Gasteiger partial charge in [0, 0.05) is 7.05 Å². The van der Waals surface area contributed by atoms with Crippen LogP contribution in [0, 0.1) is 0 Å². The van der Waals surface area contributed by atoms with E-state index in [9.17, 15) is 9.59 Å². The minimum Gasteiger partial charge on any atom is -0.291 e. The van der Waals surface area contributed by atoms with Gasteiger partial charge in [0.05, 0.1) is 15.4 Å². The normalized spacial score (nSPS) is 11.1. The van der Waals surface area contributed by atoms with Crippen LogP contribution >= 0.6 is 22.9 Å². The van der Waals surface area contributed by atoms with E-state index in [-0.39, 0.29) is 17.9 Å². The van der Waals surface area contributed by atoms with Crippen LogP contribution in [0.2, 0.25) is 4.34 Å². The van der Waals surface area contributed by atoms with Crippen molar-refractivity contribution in [3.63, 3.8) is 0 Å². The van der Waals surface area contributed by atoms with Crippen molar-refractivity contribution in [2.24, 2.45) is 7.05 Å². The SMILES string of the molecule is Cn1ncc2c(=O)n(CC(=O)c3ccc(Cl)s3)nnc21. The highest BCUT2D eigenvalue weighted by Crippen LogP contribution is 2.21. The first-order valence-electron chi connectivity index (χ1n) is 5.60. The van der Waals surface area contributed by atoms with Gasteiger partial charge in [0.25, 0.3) is 5.56 Å². The maximum absolute atomic E-state index is 12.1. The quantitative estimate of drug-likeness (QED) is 0.677. The maximum Gasteiger partial charge on any atom is 0.281 e. The smallest absolute Gasteiger partial charge is 0.281 e. The standard InChI is InChI=1S/C11H8ClN5O2S/c1-16-10-6(4-13-16)11(19)17(15-14-10)5-7(18)8-2-3-9(12)20-8/h2-4H,5H2,1H3. The molecule has 0 aliphatic rings. The fourth-order valence-electron chi connectivity index (χ4n) is 1.76. The lowest BCUT2D eigenvalue weighted by molar-refractivity contribution is 0.0968. The third-order valence-corrected chi connectivity index (χ3v) is 4.03. The number of hydrogen-bond acceptors (Lipinski definition) is 6. The summed E-state index contributed by atoms with van der Waals surface area (Å²) in [6.07, 6.45) is 1.41. The zero-order valence-corrected chi connectivity index (χ0v) is 11.9. The van der Waals surface area contributed by atoms with Gasteiger partial charge in [-0.05, 0) is 12.1 Å². The lowest BCUT2D eigenvalue weighted by Gasteiger charge is -2.01. The monoisotopic (exact) mass is 309 g/mol. The summed E-state index contributed by atoms with van der Waals surface area (Å²) < 4.78 is 3.00. The number of carbonyl (C=O) groups is 1. The molecular weight excluding hydrogens is 302 g/mol. The van der Waals surface area contributed by atoms with Gasteiger partial charge in [0.15, 0.2) is 11.4 Å². The number of aromatic nitrogens is 5. The summed E-state index contributed by atoms with van der Waals surface area (Å²) >= 11 is 6.94. The summed E-state index contributed by atoms with van der Waals surface area (Å²) in [5, 5.41) is 11.9. The maximum atomic E-state index is 12.1. The van der Waals surface area contributed by atoms with Gasteiger partial charge in [-0.15, -0.1) is 16.4 Å². The van der Waals surface area contributed by atoms with Crippen molar-refractivity contribution in [1.29, 1.82) is 0 Å². The van der Waals surface area contributed by atoms with E-state index in [0.29, 0.717) is 20.2 Å². The number of nitrogens with zero attached hydrogens (tertiary/aromatic N) is 5. The van der Waals surface area contributed by atoms with E-state index < -0.39 is 0 Å². The minimum absolute atomic E-state index is 0.173. The second kappa shape index (κ2) is 4.80. The zero-order chi connectivity index (χ0) is 14.3. The Balaban J connectivity index is 1.97. The molecule has 0 amide bonds. The first kappa shape index (κ1) is 12.9. The van der Waals surface area contributed by atoms with E-state index in [1.165, 1.54) is 10.9 Å². The molecule has 0 aliphatic carbocycles. The van der Waals surface area contributed by atoms with E-state index in [1.54, 1.807) is 19.2 Å². The highest BCUT2D eigenvalue weighted by Gasteiger charge is 2.14. The van der Waals surface area contributed by atoms with E-state index in [1.807, 2.05) is 0 Å². The van der Waals surface area contributed by atoms with Crippen LogP contribution in [0.3, 0.4) is 0 Å². The molecule has 0 N–H and O–H groups in total. The highest BCUT2D eigenvalue weighted by molar-refractivity contribution is 7.18. The Hall–Kier alpha value is -2.06. The molecule has 0 saturated carbocycles. The van der Waals surface area contributed by atoms with Crippen LogP contribution in [0.5, 0.6) is 0 Å². The molecule has 3 aromatic rings. The Labute approximate surface area is 121 Å². The van der Waals surface area contributed by atoms with Crippen LogP contribution in [-0.2, 0) is 13.6 Å². The molecule has 0 spiro atoms. The van der Waals surface area contributed by atoms with Gasteiger partial charge in [-0.2, -0.15) is 5.10 Å². The van der Waals surface area contributed by atoms with Crippen molar-refractivity contribution in [1.82, 2.24) is 24.8 Å². The molecule has 0 aromatic carbocycles. The summed E-state index contributed by atoms with van der Waals surface area (Å²) in [5.74, 6) is -0.235. The summed E-state index contributed by atoms with van der Waals surface area (Å²) in [5.41, 5.74) is -0.00281. The number of aryl methyl sites for hydroxylation is 1. The van der Waals surface area contributed by atoms with Gasteiger partial charge >= 0.3 is 0 Å². The zero-order valence-electron chi connectivity index (χ0n) is 10.3. The Bertz CT molecular complexity index is 865. The number of hydrogen-bond donors (Lipinski definition) is 0. The highest BCUT2D eigenvalue weighted by atomic mass is 35.5. The van der Waals surface area contributed by atoms with E-state index >= 15 is 0 Å². The van der Waals surface area contributed by atoms with Crippen LogP contribution in [-0.4, -0.2) is 30.6 Å². The number of carbonyl (C=O) groups excluding carboxylic acids is 1. The molecule has 0 fully saturated rings. The van der Waals surface area contributed by atoms with Crippen molar-refractivity contribution in [3.8, 4) is 0 Å². The van der Waals surface area contributed by atoms with Crippen LogP contribution in [0.1, 0.15) is 9.67 Å². The first-order valence-corrected chi connectivity index (χ1v) is 6.80. The van der Waals surface area contributed by atoms with Crippen LogP contribution in [0.4, 0.5) is 0 Å². The van der Waals surface area contributed by atoms with Crippen molar-refractivity contribution < 1.29 is 4.79 Å². The van der Waals surface area contributed by atoms with Crippen LogP contribution < -0.4 is 5.56 Å². The average molecular weight is 310 g/mol. The number of fused-ring (bicyclic) bond motifs is 1. The number of halogens is 1. The number of thiophene rings is 1. The fourth-order valence-corrected chi connectivity index (χ4v) is 2.73. The van der Waals surface area contributed by atoms with Crippen molar-refractivity contribution in [3.05, 3.63) is 37.9 Å². The minimum atomic E-state index is -0.390. The molecule has 0 aliphatic heterocycles. The summed E-state index contributed by atoms with van der Waals surface area (Å²) in [4.78, 5) is 24.7. The number of Topliss-reactive ketones (excluding diaryl/α,β-unsaturated/α-hetero) is 1. The summed E-state index contributed by atoms with van der Waals surface area (Å²) in [7, 11) is 1.67. The molecule has 0 unspecified atom stereocenters. The average Bonchev–Trinajstić information content (AvgIpc) is 3.00. The Morgan fingerprint density at radius 2 is 2.25 bits per heavy atom.